The van der Waals surface area contributed by atoms with Crippen molar-refractivity contribution in [3.63, 3.8) is 0 Å². The fourth-order valence-corrected chi connectivity index (χ4v) is 1.88. The molecule has 0 atom stereocenters. The Labute approximate surface area is 131 Å². The molecule has 0 aliphatic heterocycles. The molecule has 106 valence electrons. The van der Waals surface area contributed by atoms with Crippen molar-refractivity contribution in [2.24, 2.45) is 0 Å². The van der Waals surface area contributed by atoms with E-state index in [4.69, 9.17) is 9.47 Å². The second-order valence-corrected chi connectivity index (χ2v) is 5.34. The van der Waals surface area contributed by atoms with Crippen molar-refractivity contribution in [1.82, 2.24) is 15.0 Å². The van der Waals surface area contributed by atoms with Crippen LogP contribution in [0.1, 0.15) is 13.8 Å². The third-order valence-corrected chi connectivity index (χ3v) is 3.09. The summed E-state index contributed by atoms with van der Waals surface area (Å²) in [5.41, 5.74) is 0. The third kappa shape index (κ3) is 3.92. The van der Waals surface area contributed by atoms with Crippen molar-refractivity contribution in [2.45, 2.75) is 20.0 Å². The third-order valence-electron chi connectivity index (χ3n) is 2.20. The summed E-state index contributed by atoms with van der Waals surface area (Å²) in [4.78, 5) is 12.4. The lowest BCUT2D eigenvalue weighted by molar-refractivity contribution is 0.218. The minimum absolute atomic E-state index is 0.0215. The van der Waals surface area contributed by atoms with Crippen LogP contribution in [0.25, 0.3) is 0 Å². The second kappa shape index (κ2) is 6.69. The standard InChI is InChI=1S/C13H15IN4O2/c1-8(2)19-12-16-11(15-3)17-13(18-12)20-10-7-5-4-6-9(10)14/h4-8H,1-3H3,(H,15,16,17,18). The van der Waals surface area contributed by atoms with Crippen LogP contribution >= 0.6 is 22.6 Å². The van der Waals surface area contributed by atoms with E-state index in [1.165, 1.54) is 0 Å². The summed E-state index contributed by atoms with van der Waals surface area (Å²) >= 11 is 2.19. The molecule has 1 N–H and O–H groups in total. The fraction of sp³-hybridized carbons (Fsp3) is 0.308. The van der Waals surface area contributed by atoms with Gasteiger partial charge in [0.05, 0.1) is 9.67 Å². The Bertz CT molecular complexity index is 592. The number of halogens is 1. The topological polar surface area (TPSA) is 69.2 Å². The number of anilines is 1. The average Bonchev–Trinajstić information content (AvgIpc) is 2.40. The van der Waals surface area contributed by atoms with E-state index >= 15 is 0 Å². The molecular formula is C13H15IN4O2. The van der Waals surface area contributed by atoms with E-state index in [1.54, 1.807) is 7.05 Å². The molecule has 0 fully saturated rings. The van der Waals surface area contributed by atoms with Crippen LogP contribution in [0.2, 0.25) is 0 Å². The Morgan fingerprint density at radius 1 is 1.10 bits per heavy atom. The van der Waals surface area contributed by atoms with Crippen LogP contribution < -0.4 is 14.8 Å². The van der Waals surface area contributed by atoms with E-state index < -0.39 is 0 Å². The van der Waals surface area contributed by atoms with Crippen molar-refractivity contribution in [2.75, 3.05) is 12.4 Å². The van der Waals surface area contributed by atoms with Crippen LogP contribution in [0.3, 0.4) is 0 Å². The maximum atomic E-state index is 5.68. The molecule has 7 heteroatoms. The van der Waals surface area contributed by atoms with Crippen molar-refractivity contribution >= 4 is 28.5 Å². The summed E-state index contributed by atoms with van der Waals surface area (Å²) in [5, 5.41) is 2.86. The number of nitrogens with zero attached hydrogens (tertiary/aromatic N) is 3. The van der Waals surface area contributed by atoms with Gasteiger partial charge in [-0.1, -0.05) is 12.1 Å². The van der Waals surface area contributed by atoms with Crippen LogP contribution in [0.4, 0.5) is 5.95 Å². The molecule has 0 unspecified atom stereocenters. The van der Waals surface area contributed by atoms with Crippen LogP contribution in [-0.4, -0.2) is 28.1 Å². The van der Waals surface area contributed by atoms with Crippen molar-refractivity contribution in [3.05, 3.63) is 27.8 Å². The molecule has 2 aromatic rings. The van der Waals surface area contributed by atoms with Gasteiger partial charge in [0.1, 0.15) is 5.75 Å². The zero-order valence-corrected chi connectivity index (χ0v) is 13.6. The second-order valence-electron chi connectivity index (χ2n) is 4.17. The summed E-state index contributed by atoms with van der Waals surface area (Å²) in [6.45, 7) is 3.81. The summed E-state index contributed by atoms with van der Waals surface area (Å²) in [5.74, 6) is 1.09. The summed E-state index contributed by atoms with van der Waals surface area (Å²) in [6, 6.07) is 8.07. The van der Waals surface area contributed by atoms with Crippen molar-refractivity contribution in [1.29, 1.82) is 0 Å². The molecule has 1 aromatic heterocycles. The van der Waals surface area contributed by atoms with Crippen LogP contribution in [0, 0.1) is 3.57 Å². The smallest absolute Gasteiger partial charge is 0.330 e. The first-order valence-corrected chi connectivity index (χ1v) is 7.19. The van der Waals surface area contributed by atoms with Gasteiger partial charge in [0.2, 0.25) is 5.95 Å². The molecule has 0 aliphatic rings. The molecule has 0 spiro atoms. The molecule has 2 rings (SSSR count). The average molecular weight is 386 g/mol. The summed E-state index contributed by atoms with van der Waals surface area (Å²) in [7, 11) is 1.73. The van der Waals surface area contributed by atoms with Crippen molar-refractivity contribution < 1.29 is 9.47 Å². The Kier molecular flexibility index (Phi) is 4.94. The van der Waals surface area contributed by atoms with Gasteiger partial charge >= 0.3 is 12.0 Å². The summed E-state index contributed by atoms with van der Waals surface area (Å²) in [6.07, 6.45) is -0.0215. The molecule has 0 aliphatic carbocycles. The predicted molar refractivity (Wildman–Crippen MR) is 84.4 cm³/mol. The quantitative estimate of drug-likeness (QED) is 0.797. The van der Waals surface area contributed by atoms with Gasteiger partial charge in [0.25, 0.3) is 0 Å². The number of ether oxygens (including phenoxy) is 2. The molecule has 0 bridgehead atoms. The normalized spacial score (nSPS) is 10.4. The zero-order chi connectivity index (χ0) is 14.5. The number of hydrogen-bond donors (Lipinski definition) is 1. The van der Waals surface area contributed by atoms with Gasteiger partial charge < -0.3 is 14.8 Å². The highest BCUT2D eigenvalue weighted by Gasteiger charge is 2.11. The lowest BCUT2D eigenvalue weighted by Crippen LogP contribution is -2.11. The molecule has 1 aromatic carbocycles. The number of para-hydroxylation sites is 1. The molecule has 0 saturated heterocycles. The van der Waals surface area contributed by atoms with Crippen LogP contribution in [0.5, 0.6) is 17.8 Å². The highest BCUT2D eigenvalue weighted by Crippen LogP contribution is 2.25. The van der Waals surface area contributed by atoms with Crippen molar-refractivity contribution in [3.8, 4) is 17.8 Å². The Hall–Kier alpha value is -1.64. The molecule has 0 saturated carbocycles. The molecule has 6 nitrogen and oxygen atoms in total. The zero-order valence-electron chi connectivity index (χ0n) is 11.4. The van der Waals surface area contributed by atoms with E-state index in [1.807, 2.05) is 38.1 Å². The van der Waals surface area contributed by atoms with E-state index in [2.05, 4.69) is 42.9 Å². The van der Waals surface area contributed by atoms with E-state index in [0.717, 1.165) is 3.57 Å². The largest absolute Gasteiger partial charge is 0.461 e. The van der Waals surface area contributed by atoms with Gasteiger partial charge in [0.15, 0.2) is 0 Å². The monoisotopic (exact) mass is 386 g/mol. The Morgan fingerprint density at radius 3 is 2.45 bits per heavy atom. The van der Waals surface area contributed by atoms with Gasteiger partial charge in [-0.2, -0.15) is 9.97 Å². The van der Waals surface area contributed by atoms with Crippen LogP contribution in [-0.2, 0) is 0 Å². The maximum absolute atomic E-state index is 5.68. The first-order valence-electron chi connectivity index (χ1n) is 6.11. The highest BCUT2D eigenvalue weighted by molar-refractivity contribution is 14.1. The minimum Gasteiger partial charge on any atom is -0.461 e. The number of rotatable bonds is 5. The van der Waals surface area contributed by atoms with E-state index in [-0.39, 0.29) is 18.1 Å². The number of hydrogen-bond acceptors (Lipinski definition) is 6. The minimum atomic E-state index is -0.0215. The first-order chi connectivity index (χ1) is 9.58. The van der Waals surface area contributed by atoms with Gasteiger partial charge in [0, 0.05) is 7.05 Å². The predicted octanol–water partition coefficient (Wildman–Crippen LogP) is 3.10. The Morgan fingerprint density at radius 2 is 1.80 bits per heavy atom. The molecule has 20 heavy (non-hydrogen) atoms. The lowest BCUT2D eigenvalue weighted by Gasteiger charge is -2.11. The number of nitrogens with one attached hydrogen (secondary N) is 1. The number of benzene rings is 1. The van der Waals surface area contributed by atoms with E-state index in [0.29, 0.717) is 11.7 Å². The highest BCUT2D eigenvalue weighted by atomic mass is 127. The lowest BCUT2D eigenvalue weighted by atomic mass is 10.3. The van der Waals surface area contributed by atoms with Gasteiger partial charge in [-0.05, 0) is 48.6 Å². The van der Waals surface area contributed by atoms with Gasteiger partial charge in [-0.3, -0.25) is 0 Å². The van der Waals surface area contributed by atoms with Gasteiger partial charge in [-0.25, -0.2) is 0 Å². The van der Waals surface area contributed by atoms with Crippen LogP contribution in [0.15, 0.2) is 24.3 Å². The Balaban J connectivity index is 2.29. The van der Waals surface area contributed by atoms with E-state index in [9.17, 15) is 0 Å². The summed E-state index contributed by atoms with van der Waals surface area (Å²) < 4.78 is 12.1. The van der Waals surface area contributed by atoms with Gasteiger partial charge in [-0.15, -0.1) is 4.98 Å². The molecular weight excluding hydrogens is 371 g/mol. The molecule has 0 radical (unpaired) electrons. The maximum Gasteiger partial charge on any atom is 0.330 e. The molecule has 0 amide bonds. The number of aromatic nitrogens is 3. The SMILES string of the molecule is CNc1nc(Oc2ccccc2I)nc(OC(C)C)n1. The fourth-order valence-electron chi connectivity index (χ4n) is 1.38. The first kappa shape index (κ1) is 14.8. The molecule has 1 heterocycles.